The molecule has 37 heavy (non-hydrogen) atoms. The zero-order valence-electron chi connectivity index (χ0n) is 19.8. The van der Waals surface area contributed by atoms with Crippen LogP contribution in [-0.2, 0) is 4.79 Å². The monoisotopic (exact) mass is 515 g/mol. The van der Waals surface area contributed by atoms with Crippen LogP contribution in [0.25, 0.3) is 33.7 Å². The standard InChI is InChI=1S/C23H20F3N5O2.C2H4O2/c24-23(25,26)33-17-7-9-19-20(10-17)31-21(30-19)14-6-8-18(27-11-14)15-12-28-22(29-13-15)32-16-4-2-1-3-5-16;1-2(3)4/h6-13,16H,1-5H2,(H,30,31);1H3,(H,3,4). The number of hydrogen-bond donors (Lipinski definition) is 2. The first-order valence-corrected chi connectivity index (χ1v) is 11.6. The fraction of sp³-hybridized carbons (Fsp3) is 0.320. The van der Waals surface area contributed by atoms with Gasteiger partial charge < -0.3 is 19.6 Å². The van der Waals surface area contributed by atoms with Crippen molar-refractivity contribution in [3.63, 3.8) is 0 Å². The van der Waals surface area contributed by atoms with Gasteiger partial charge in [0.05, 0.1) is 16.7 Å². The van der Waals surface area contributed by atoms with E-state index in [0.29, 0.717) is 34.1 Å². The van der Waals surface area contributed by atoms with Gasteiger partial charge in [-0.2, -0.15) is 0 Å². The Morgan fingerprint density at radius 2 is 1.68 bits per heavy atom. The molecule has 4 aromatic rings. The summed E-state index contributed by atoms with van der Waals surface area (Å²) in [4.78, 5) is 29.5. The molecular formula is C25H24F3N5O4. The van der Waals surface area contributed by atoms with Crippen molar-refractivity contribution in [2.45, 2.75) is 51.5 Å². The summed E-state index contributed by atoms with van der Waals surface area (Å²) in [5.74, 6) is -0.657. The molecule has 0 spiro atoms. The molecule has 0 radical (unpaired) electrons. The van der Waals surface area contributed by atoms with Crippen LogP contribution in [0.3, 0.4) is 0 Å². The third-order valence-corrected chi connectivity index (χ3v) is 5.47. The molecule has 1 aliphatic rings. The van der Waals surface area contributed by atoms with Gasteiger partial charge in [-0.1, -0.05) is 6.42 Å². The lowest BCUT2D eigenvalue weighted by Gasteiger charge is -2.21. The van der Waals surface area contributed by atoms with Crippen molar-refractivity contribution in [2.24, 2.45) is 0 Å². The predicted molar refractivity (Wildman–Crippen MR) is 128 cm³/mol. The number of hydrogen-bond acceptors (Lipinski definition) is 7. The molecule has 0 saturated heterocycles. The summed E-state index contributed by atoms with van der Waals surface area (Å²) in [7, 11) is 0. The maximum absolute atomic E-state index is 12.4. The quantitative estimate of drug-likeness (QED) is 0.343. The number of aliphatic carboxylic acids is 1. The van der Waals surface area contributed by atoms with Crippen molar-refractivity contribution in [3.05, 3.63) is 48.9 Å². The summed E-state index contributed by atoms with van der Waals surface area (Å²) >= 11 is 0. The predicted octanol–water partition coefficient (Wildman–Crippen LogP) is 5.78. The third-order valence-electron chi connectivity index (χ3n) is 5.47. The molecule has 9 nitrogen and oxygen atoms in total. The molecule has 12 heteroatoms. The van der Waals surface area contributed by atoms with Gasteiger partial charge in [-0.25, -0.2) is 15.0 Å². The Hall–Kier alpha value is -4.22. The van der Waals surface area contributed by atoms with Gasteiger partial charge in [0.1, 0.15) is 17.7 Å². The normalized spacial score (nSPS) is 14.1. The smallest absolute Gasteiger partial charge is 0.481 e. The summed E-state index contributed by atoms with van der Waals surface area (Å²) < 4.78 is 47.2. The van der Waals surface area contributed by atoms with Crippen molar-refractivity contribution in [1.82, 2.24) is 24.9 Å². The number of pyridine rings is 1. The molecule has 1 fully saturated rings. The molecular weight excluding hydrogens is 491 g/mol. The van der Waals surface area contributed by atoms with Gasteiger partial charge in [0.2, 0.25) is 0 Å². The Bertz CT molecular complexity index is 1330. The van der Waals surface area contributed by atoms with E-state index in [1.54, 1.807) is 24.7 Å². The summed E-state index contributed by atoms with van der Waals surface area (Å²) in [5, 5.41) is 7.42. The molecule has 0 aliphatic heterocycles. The van der Waals surface area contributed by atoms with E-state index >= 15 is 0 Å². The second kappa shape index (κ2) is 11.2. The Morgan fingerprint density at radius 1 is 1.00 bits per heavy atom. The van der Waals surface area contributed by atoms with Gasteiger partial charge in [-0.05, 0) is 49.9 Å². The Labute approximate surface area is 209 Å². The van der Waals surface area contributed by atoms with Gasteiger partial charge in [0.25, 0.3) is 5.97 Å². The van der Waals surface area contributed by atoms with Crippen molar-refractivity contribution >= 4 is 17.0 Å². The highest BCUT2D eigenvalue weighted by Gasteiger charge is 2.31. The van der Waals surface area contributed by atoms with E-state index in [-0.39, 0.29) is 11.9 Å². The number of halogens is 3. The van der Waals surface area contributed by atoms with Gasteiger partial charge >= 0.3 is 12.4 Å². The largest absolute Gasteiger partial charge is 0.573 e. The van der Waals surface area contributed by atoms with Crippen LogP contribution in [0.4, 0.5) is 13.2 Å². The topological polar surface area (TPSA) is 123 Å². The zero-order chi connectivity index (χ0) is 26.4. The third kappa shape index (κ3) is 7.38. The van der Waals surface area contributed by atoms with Crippen molar-refractivity contribution in [1.29, 1.82) is 0 Å². The van der Waals surface area contributed by atoms with Crippen LogP contribution in [0.15, 0.2) is 48.9 Å². The minimum Gasteiger partial charge on any atom is -0.481 e. The first-order chi connectivity index (χ1) is 17.7. The first-order valence-electron chi connectivity index (χ1n) is 11.6. The maximum atomic E-state index is 12.4. The molecule has 3 heterocycles. The Balaban J connectivity index is 0.000000747. The molecule has 1 aliphatic carbocycles. The number of nitrogens with zero attached hydrogens (tertiary/aromatic N) is 4. The number of aromatic nitrogens is 5. The molecule has 0 bridgehead atoms. The number of imidazole rings is 1. The number of H-pyrrole nitrogens is 1. The van der Waals surface area contributed by atoms with Crippen molar-refractivity contribution in [2.75, 3.05) is 0 Å². The van der Waals surface area contributed by atoms with E-state index < -0.39 is 12.3 Å². The number of nitrogens with one attached hydrogen (secondary N) is 1. The van der Waals surface area contributed by atoms with Crippen molar-refractivity contribution < 1.29 is 32.5 Å². The number of rotatable bonds is 5. The lowest BCUT2D eigenvalue weighted by atomic mass is 9.98. The van der Waals surface area contributed by atoms with E-state index in [2.05, 4.69) is 29.7 Å². The number of aromatic amines is 1. The molecule has 194 valence electrons. The molecule has 3 aromatic heterocycles. The average Bonchev–Trinajstić information content (AvgIpc) is 3.27. The Morgan fingerprint density at radius 3 is 2.30 bits per heavy atom. The summed E-state index contributed by atoms with van der Waals surface area (Å²) in [5.41, 5.74) is 3.06. The second-order valence-corrected chi connectivity index (χ2v) is 8.40. The van der Waals surface area contributed by atoms with Crippen molar-refractivity contribution in [3.8, 4) is 34.4 Å². The lowest BCUT2D eigenvalue weighted by molar-refractivity contribution is -0.274. The van der Waals surface area contributed by atoms with Crippen LogP contribution in [0.2, 0.25) is 0 Å². The second-order valence-electron chi connectivity index (χ2n) is 8.40. The van der Waals surface area contributed by atoms with Crippen LogP contribution in [0.1, 0.15) is 39.0 Å². The Kier molecular flexibility index (Phi) is 7.85. The number of carbonyl (C=O) groups is 1. The van der Waals surface area contributed by atoms with Gasteiger partial charge in [0, 0.05) is 42.7 Å². The summed E-state index contributed by atoms with van der Waals surface area (Å²) in [6, 6.07) is 7.95. The lowest BCUT2D eigenvalue weighted by Crippen LogP contribution is -2.20. The minimum absolute atomic E-state index is 0.182. The van der Waals surface area contributed by atoms with Gasteiger partial charge in [-0.15, -0.1) is 13.2 Å². The van der Waals surface area contributed by atoms with E-state index in [0.717, 1.165) is 25.3 Å². The van der Waals surface area contributed by atoms with Crippen LogP contribution in [-0.4, -0.2) is 48.5 Å². The van der Waals surface area contributed by atoms with E-state index in [1.165, 1.54) is 37.5 Å². The summed E-state index contributed by atoms with van der Waals surface area (Å²) in [6.07, 6.45) is 6.09. The average molecular weight is 515 g/mol. The highest BCUT2D eigenvalue weighted by molar-refractivity contribution is 5.80. The molecule has 0 amide bonds. The highest BCUT2D eigenvalue weighted by Crippen LogP contribution is 2.28. The fourth-order valence-electron chi connectivity index (χ4n) is 3.87. The number of carboxylic acids is 1. The number of fused-ring (bicyclic) bond motifs is 1. The van der Waals surface area contributed by atoms with E-state index in [9.17, 15) is 13.2 Å². The number of carboxylic acid groups (broad SMARTS) is 1. The molecule has 0 unspecified atom stereocenters. The number of benzene rings is 1. The number of ether oxygens (including phenoxy) is 2. The minimum atomic E-state index is -4.75. The van der Waals surface area contributed by atoms with Gasteiger partial charge in [0.15, 0.2) is 0 Å². The first kappa shape index (κ1) is 25.9. The number of alkyl halides is 3. The van der Waals surface area contributed by atoms with Crippen LogP contribution in [0, 0.1) is 0 Å². The molecule has 1 saturated carbocycles. The molecule has 5 rings (SSSR count). The fourth-order valence-corrected chi connectivity index (χ4v) is 3.87. The van der Waals surface area contributed by atoms with E-state index in [1.807, 2.05) is 6.07 Å². The molecule has 1 aromatic carbocycles. The summed E-state index contributed by atoms with van der Waals surface area (Å²) in [6.45, 7) is 1.08. The van der Waals surface area contributed by atoms with Crippen LogP contribution < -0.4 is 9.47 Å². The van der Waals surface area contributed by atoms with Crippen LogP contribution >= 0.6 is 0 Å². The van der Waals surface area contributed by atoms with E-state index in [4.69, 9.17) is 14.6 Å². The van der Waals surface area contributed by atoms with Gasteiger partial charge in [-0.3, -0.25) is 9.78 Å². The SMILES string of the molecule is CC(=O)O.FC(F)(F)Oc1ccc2nc(-c3ccc(-c4cnc(OC5CCCCC5)nc4)nc3)[nH]c2c1. The zero-order valence-corrected chi connectivity index (χ0v) is 19.8. The van der Waals surface area contributed by atoms with Crippen LogP contribution in [0.5, 0.6) is 11.8 Å². The maximum Gasteiger partial charge on any atom is 0.573 e. The highest BCUT2D eigenvalue weighted by atomic mass is 19.4. The molecule has 2 N–H and O–H groups in total. The molecule has 0 atom stereocenters.